The third kappa shape index (κ3) is 4.09. The average molecular weight is 387 g/mol. The molecule has 1 aliphatic carbocycles. The Bertz CT molecular complexity index is 1000. The fraction of sp³-hybridized carbons (Fsp3) is 0.250. The minimum Gasteiger partial charge on any atom is -0.478 e. The van der Waals surface area contributed by atoms with Gasteiger partial charge in [0.25, 0.3) is 0 Å². The number of carboxylic acid groups (broad SMARTS) is 1. The van der Waals surface area contributed by atoms with Crippen molar-refractivity contribution >= 4 is 23.0 Å². The van der Waals surface area contributed by atoms with E-state index in [1.54, 1.807) is 6.20 Å². The molecule has 148 valence electrons. The van der Waals surface area contributed by atoms with Crippen molar-refractivity contribution in [3.8, 4) is 0 Å². The number of nitrogens with one attached hydrogen (secondary N) is 1. The van der Waals surface area contributed by atoms with Crippen LogP contribution >= 0.6 is 0 Å². The maximum atomic E-state index is 11.4. The molecule has 1 aliphatic rings. The maximum absolute atomic E-state index is 11.4. The summed E-state index contributed by atoms with van der Waals surface area (Å²) < 4.78 is 0. The second-order valence-corrected chi connectivity index (χ2v) is 7.47. The SMILES string of the molecule is CN(c1ccccc1)c1ccc2c(c1)CCC[C@H]2CNc1cnccc1C(=O)O. The standard InChI is InChI=1S/C24H25N3O2/c1-27(19-8-3-2-4-9-19)20-10-11-21-17(14-20)6-5-7-18(21)15-26-23-16-25-13-12-22(23)24(28)29/h2-4,8-14,16,18,26H,5-7,15H2,1H3,(H,28,29)/t18-/m0/s1. The zero-order valence-electron chi connectivity index (χ0n) is 16.5. The lowest BCUT2D eigenvalue weighted by Gasteiger charge is -2.28. The summed E-state index contributed by atoms with van der Waals surface area (Å²) in [4.78, 5) is 17.7. The van der Waals surface area contributed by atoms with E-state index in [0.717, 1.165) is 19.3 Å². The van der Waals surface area contributed by atoms with E-state index < -0.39 is 5.97 Å². The number of aromatic nitrogens is 1. The first kappa shape index (κ1) is 19.0. The first-order valence-electron chi connectivity index (χ1n) is 9.96. The van der Waals surface area contributed by atoms with E-state index in [1.807, 2.05) is 6.07 Å². The van der Waals surface area contributed by atoms with Gasteiger partial charge in [0.2, 0.25) is 0 Å². The summed E-state index contributed by atoms with van der Waals surface area (Å²) in [5.74, 6) is -0.579. The molecule has 1 atom stereocenters. The van der Waals surface area contributed by atoms with Gasteiger partial charge in [-0.15, -0.1) is 0 Å². The zero-order valence-corrected chi connectivity index (χ0v) is 16.5. The predicted molar refractivity (Wildman–Crippen MR) is 116 cm³/mol. The second kappa shape index (κ2) is 8.35. The van der Waals surface area contributed by atoms with Gasteiger partial charge in [0.05, 0.1) is 17.4 Å². The number of carbonyl (C=O) groups is 1. The van der Waals surface area contributed by atoms with Crippen molar-refractivity contribution in [1.29, 1.82) is 0 Å². The fourth-order valence-corrected chi connectivity index (χ4v) is 4.08. The van der Waals surface area contributed by atoms with Gasteiger partial charge < -0.3 is 15.3 Å². The first-order valence-corrected chi connectivity index (χ1v) is 9.96. The topological polar surface area (TPSA) is 65.5 Å². The molecule has 2 N–H and O–H groups in total. The number of nitrogens with zero attached hydrogens (tertiary/aromatic N) is 2. The number of hydrogen-bond donors (Lipinski definition) is 2. The number of aryl methyl sites for hydroxylation is 1. The van der Waals surface area contributed by atoms with Crippen molar-refractivity contribution in [3.05, 3.63) is 83.7 Å². The van der Waals surface area contributed by atoms with Crippen LogP contribution in [0.4, 0.5) is 17.1 Å². The Morgan fingerprint density at radius 3 is 2.79 bits per heavy atom. The van der Waals surface area contributed by atoms with Gasteiger partial charge in [0.15, 0.2) is 0 Å². The molecule has 1 aromatic heterocycles. The molecule has 0 spiro atoms. The number of anilines is 3. The number of pyridine rings is 1. The molecule has 0 saturated carbocycles. The van der Waals surface area contributed by atoms with E-state index in [4.69, 9.17) is 0 Å². The maximum Gasteiger partial charge on any atom is 0.337 e. The second-order valence-electron chi connectivity index (χ2n) is 7.47. The molecule has 0 radical (unpaired) electrons. The quantitative estimate of drug-likeness (QED) is 0.617. The van der Waals surface area contributed by atoms with Crippen LogP contribution in [0.25, 0.3) is 0 Å². The van der Waals surface area contributed by atoms with Crippen molar-refractivity contribution in [2.24, 2.45) is 0 Å². The van der Waals surface area contributed by atoms with Gasteiger partial charge in [-0.3, -0.25) is 4.98 Å². The first-order chi connectivity index (χ1) is 14.1. The smallest absolute Gasteiger partial charge is 0.337 e. The van der Waals surface area contributed by atoms with E-state index in [-0.39, 0.29) is 5.56 Å². The number of rotatable bonds is 6. The van der Waals surface area contributed by atoms with Gasteiger partial charge in [-0.05, 0) is 60.7 Å². The van der Waals surface area contributed by atoms with Gasteiger partial charge >= 0.3 is 5.97 Å². The molecule has 4 rings (SSSR count). The lowest BCUT2D eigenvalue weighted by atomic mass is 9.82. The summed E-state index contributed by atoms with van der Waals surface area (Å²) in [5, 5.41) is 12.7. The monoisotopic (exact) mass is 387 g/mol. The van der Waals surface area contributed by atoms with Gasteiger partial charge in [0, 0.05) is 37.1 Å². The van der Waals surface area contributed by atoms with Crippen LogP contribution in [0.1, 0.15) is 40.2 Å². The highest BCUT2D eigenvalue weighted by atomic mass is 16.4. The Hall–Kier alpha value is -3.34. The third-order valence-electron chi connectivity index (χ3n) is 5.69. The van der Waals surface area contributed by atoms with Gasteiger partial charge in [0.1, 0.15) is 0 Å². The number of hydrogen-bond acceptors (Lipinski definition) is 4. The van der Waals surface area contributed by atoms with Crippen molar-refractivity contribution in [3.63, 3.8) is 0 Å². The molecule has 3 aromatic rings. The molecule has 1 heterocycles. The molecule has 0 saturated heterocycles. The molecule has 0 aliphatic heterocycles. The minimum atomic E-state index is -0.937. The molecule has 0 unspecified atom stereocenters. The summed E-state index contributed by atoms with van der Waals surface area (Å²) in [6, 6.07) is 18.6. The van der Waals surface area contributed by atoms with Crippen LogP contribution in [-0.2, 0) is 6.42 Å². The predicted octanol–water partition coefficient (Wildman–Crippen LogP) is 5.08. The van der Waals surface area contributed by atoms with Crippen LogP contribution in [0, 0.1) is 0 Å². The Morgan fingerprint density at radius 2 is 2.00 bits per heavy atom. The Kier molecular flexibility index (Phi) is 5.47. The molecule has 5 heteroatoms. The van der Waals surface area contributed by atoms with Crippen molar-refractivity contribution in [2.75, 3.05) is 23.8 Å². The number of fused-ring (bicyclic) bond motifs is 1. The Labute approximate surface area is 171 Å². The van der Waals surface area contributed by atoms with E-state index in [0.29, 0.717) is 18.2 Å². The zero-order chi connectivity index (χ0) is 20.2. The van der Waals surface area contributed by atoms with Crippen LogP contribution in [0.2, 0.25) is 0 Å². The lowest BCUT2D eigenvalue weighted by molar-refractivity contribution is 0.0698. The van der Waals surface area contributed by atoms with E-state index in [2.05, 4.69) is 64.7 Å². The Morgan fingerprint density at radius 1 is 1.17 bits per heavy atom. The number of aromatic carboxylic acids is 1. The van der Waals surface area contributed by atoms with Crippen LogP contribution < -0.4 is 10.2 Å². The van der Waals surface area contributed by atoms with Crippen molar-refractivity contribution in [1.82, 2.24) is 4.98 Å². The highest BCUT2D eigenvalue weighted by Crippen LogP contribution is 2.35. The normalized spacial score (nSPS) is 15.4. The summed E-state index contributed by atoms with van der Waals surface area (Å²) in [6.07, 6.45) is 6.41. The summed E-state index contributed by atoms with van der Waals surface area (Å²) in [5.41, 5.74) is 5.93. The lowest BCUT2D eigenvalue weighted by Crippen LogP contribution is -2.20. The minimum absolute atomic E-state index is 0.260. The summed E-state index contributed by atoms with van der Waals surface area (Å²) in [7, 11) is 2.09. The van der Waals surface area contributed by atoms with Gasteiger partial charge in [-0.2, -0.15) is 0 Å². The Balaban J connectivity index is 1.53. The van der Waals surface area contributed by atoms with E-state index >= 15 is 0 Å². The van der Waals surface area contributed by atoms with Crippen LogP contribution in [0.3, 0.4) is 0 Å². The summed E-state index contributed by atoms with van der Waals surface area (Å²) >= 11 is 0. The molecule has 0 fully saturated rings. The number of carboxylic acids is 1. The van der Waals surface area contributed by atoms with Crippen LogP contribution in [0.5, 0.6) is 0 Å². The highest BCUT2D eigenvalue weighted by molar-refractivity contribution is 5.93. The van der Waals surface area contributed by atoms with Crippen molar-refractivity contribution < 1.29 is 9.90 Å². The van der Waals surface area contributed by atoms with Crippen LogP contribution in [0.15, 0.2) is 67.0 Å². The molecular formula is C24H25N3O2. The summed E-state index contributed by atoms with van der Waals surface area (Å²) in [6.45, 7) is 0.701. The van der Waals surface area contributed by atoms with Gasteiger partial charge in [-0.25, -0.2) is 4.79 Å². The molecular weight excluding hydrogens is 362 g/mol. The molecule has 0 amide bonds. The highest BCUT2D eigenvalue weighted by Gasteiger charge is 2.22. The largest absolute Gasteiger partial charge is 0.478 e. The fourth-order valence-electron chi connectivity index (χ4n) is 4.08. The van der Waals surface area contributed by atoms with Crippen LogP contribution in [-0.4, -0.2) is 29.7 Å². The van der Waals surface area contributed by atoms with E-state index in [1.165, 1.54) is 34.8 Å². The molecule has 2 aromatic carbocycles. The molecule has 29 heavy (non-hydrogen) atoms. The molecule has 0 bridgehead atoms. The number of benzene rings is 2. The van der Waals surface area contributed by atoms with Crippen molar-refractivity contribution in [2.45, 2.75) is 25.2 Å². The van der Waals surface area contributed by atoms with Gasteiger partial charge in [-0.1, -0.05) is 24.3 Å². The van der Waals surface area contributed by atoms with E-state index in [9.17, 15) is 9.90 Å². The molecule has 5 nitrogen and oxygen atoms in total. The number of para-hydroxylation sites is 1. The third-order valence-corrected chi connectivity index (χ3v) is 5.69. The average Bonchev–Trinajstić information content (AvgIpc) is 2.77.